The molecular formula is C25H21F3N4OS. The van der Waals surface area contributed by atoms with Crippen LogP contribution in [0.2, 0.25) is 0 Å². The molecule has 0 radical (unpaired) electrons. The highest BCUT2D eigenvalue weighted by molar-refractivity contribution is 7.15. The molecule has 1 fully saturated rings. The number of carbonyl (C=O) groups excluding carboxylic acids is 1. The Morgan fingerprint density at radius 1 is 1.12 bits per heavy atom. The second-order valence-corrected chi connectivity index (χ2v) is 9.37. The molecule has 0 saturated carbocycles. The lowest BCUT2D eigenvalue weighted by Gasteiger charge is -2.29. The number of amides is 1. The van der Waals surface area contributed by atoms with Gasteiger partial charge in [-0.1, -0.05) is 30.3 Å². The number of pyridine rings is 1. The fraction of sp³-hybridized carbons (Fsp3) is 0.240. The number of halogens is 3. The molecule has 174 valence electrons. The molecule has 0 N–H and O–H groups in total. The van der Waals surface area contributed by atoms with Crippen LogP contribution >= 0.6 is 11.3 Å². The fourth-order valence-corrected chi connectivity index (χ4v) is 5.06. The minimum atomic E-state index is -4.43. The first kappa shape index (κ1) is 22.3. The van der Waals surface area contributed by atoms with Crippen molar-refractivity contribution in [2.24, 2.45) is 0 Å². The molecule has 34 heavy (non-hydrogen) atoms. The standard InChI is InChI=1S/C25H21F3N4OS/c1-16-29-22(23(34-16)17-7-3-2-4-8-17)24(33)32-11-6-5-9-20(32)14-19-15-31-12-10-18(25(26,27)28)13-21(31)30-19/h2-4,7-8,10,12-15H,5-6,9,11H2,1H3/b20-14+. The molecule has 5 nitrogen and oxygen atoms in total. The molecule has 0 unspecified atom stereocenters. The van der Waals surface area contributed by atoms with Gasteiger partial charge in [-0.05, 0) is 50.0 Å². The van der Waals surface area contributed by atoms with Crippen molar-refractivity contribution in [3.63, 3.8) is 0 Å². The Kier molecular flexibility index (Phi) is 5.73. The van der Waals surface area contributed by atoms with Crippen LogP contribution in [0.5, 0.6) is 0 Å². The topological polar surface area (TPSA) is 50.5 Å². The Hall–Kier alpha value is -3.46. The van der Waals surface area contributed by atoms with Crippen LogP contribution in [-0.4, -0.2) is 31.7 Å². The maximum absolute atomic E-state index is 13.6. The first-order chi connectivity index (χ1) is 16.3. The third kappa shape index (κ3) is 4.35. The number of nitrogens with zero attached hydrogens (tertiary/aromatic N) is 4. The zero-order chi connectivity index (χ0) is 23.9. The Bertz CT molecular complexity index is 1390. The third-order valence-corrected chi connectivity index (χ3v) is 6.77. The summed E-state index contributed by atoms with van der Waals surface area (Å²) in [7, 11) is 0. The van der Waals surface area contributed by atoms with E-state index in [-0.39, 0.29) is 11.6 Å². The zero-order valence-electron chi connectivity index (χ0n) is 18.3. The number of aryl methyl sites for hydroxylation is 1. The number of carbonyl (C=O) groups is 1. The lowest BCUT2D eigenvalue weighted by atomic mass is 10.0. The van der Waals surface area contributed by atoms with E-state index in [0.717, 1.165) is 46.1 Å². The summed E-state index contributed by atoms with van der Waals surface area (Å²) in [5.74, 6) is -0.169. The normalized spacial score (nSPS) is 15.9. The van der Waals surface area contributed by atoms with Gasteiger partial charge in [0.1, 0.15) is 11.3 Å². The predicted octanol–water partition coefficient (Wildman–Crippen LogP) is 6.45. The summed E-state index contributed by atoms with van der Waals surface area (Å²) in [5.41, 5.74) is 2.13. The quantitative estimate of drug-likeness (QED) is 0.337. The van der Waals surface area contributed by atoms with Crippen molar-refractivity contribution in [1.29, 1.82) is 0 Å². The minimum absolute atomic E-state index is 0.169. The van der Waals surface area contributed by atoms with Crippen LogP contribution in [0.4, 0.5) is 13.2 Å². The van der Waals surface area contributed by atoms with Crippen LogP contribution in [0.1, 0.15) is 46.0 Å². The van der Waals surface area contributed by atoms with Crippen LogP contribution in [0.25, 0.3) is 22.2 Å². The van der Waals surface area contributed by atoms with E-state index in [4.69, 9.17) is 0 Å². The van der Waals surface area contributed by atoms with Crippen molar-refractivity contribution in [2.45, 2.75) is 32.4 Å². The molecule has 3 aromatic heterocycles. The van der Waals surface area contributed by atoms with Crippen molar-refractivity contribution in [3.8, 4) is 10.4 Å². The second kappa shape index (κ2) is 8.72. The second-order valence-electron chi connectivity index (χ2n) is 8.17. The molecule has 1 aliphatic heterocycles. The van der Waals surface area contributed by atoms with E-state index >= 15 is 0 Å². The van der Waals surface area contributed by atoms with Crippen molar-refractivity contribution >= 4 is 29.0 Å². The van der Waals surface area contributed by atoms with E-state index in [2.05, 4.69) is 9.97 Å². The number of hydrogen-bond donors (Lipinski definition) is 0. The average molecular weight is 483 g/mol. The SMILES string of the molecule is Cc1nc(C(=O)N2CCCC/C2=C\c2cn3ccc(C(F)(F)F)cc3n2)c(-c2ccccc2)s1. The highest BCUT2D eigenvalue weighted by Crippen LogP contribution is 2.34. The van der Waals surface area contributed by atoms with Gasteiger partial charge in [-0.15, -0.1) is 11.3 Å². The lowest BCUT2D eigenvalue weighted by molar-refractivity contribution is -0.137. The Balaban J connectivity index is 1.49. The van der Waals surface area contributed by atoms with Gasteiger partial charge >= 0.3 is 6.18 Å². The first-order valence-electron chi connectivity index (χ1n) is 10.9. The number of aromatic nitrogens is 3. The van der Waals surface area contributed by atoms with Gasteiger partial charge in [0.25, 0.3) is 5.91 Å². The van der Waals surface area contributed by atoms with Gasteiger partial charge < -0.3 is 9.30 Å². The lowest BCUT2D eigenvalue weighted by Crippen LogP contribution is -2.34. The van der Waals surface area contributed by atoms with Crippen molar-refractivity contribution in [2.75, 3.05) is 6.54 Å². The number of hydrogen-bond acceptors (Lipinski definition) is 4. The van der Waals surface area contributed by atoms with Crippen molar-refractivity contribution in [1.82, 2.24) is 19.3 Å². The van der Waals surface area contributed by atoms with Gasteiger partial charge in [-0.25, -0.2) is 9.97 Å². The Morgan fingerprint density at radius 2 is 1.91 bits per heavy atom. The number of fused-ring (bicyclic) bond motifs is 1. The number of piperidine rings is 1. The molecule has 1 saturated heterocycles. The van der Waals surface area contributed by atoms with E-state index in [0.29, 0.717) is 24.4 Å². The molecule has 4 aromatic rings. The summed E-state index contributed by atoms with van der Waals surface area (Å²) < 4.78 is 40.7. The van der Waals surface area contributed by atoms with Gasteiger partial charge in [0, 0.05) is 24.6 Å². The number of thiazole rings is 1. The Morgan fingerprint density at radius 3 is 2.68 bits per heavy atom. The minimum Gasteiger partial charge on any atom is -0.311 e. The van der Waals surface area contributed by atoms with E-state index in [1.165, 1.54) is 17.5 Å². The van der Waals surface area contributed by atoms with Crippen molar-refractivity contribution in [3.05, 3.63) is 82.5 Å². The number of likely N-dealkylation sites (tertiary alicyclic amines) is 1. The van der Waals surface area contributed by atoms with E-state index in [1.807, 2.05) is 37.3 Å². The molecular weight excluding hydrogens is 461 g/mol. The van der Waals surface area contributed by atoms with Crippen LogP contribution in [0.15, 0.2) is 60.6 Å². The van der Waals surface area contributed by atoms with Gasteiger partial charge in [0.05, 0.1) is 21.1 Å². The molecule has 0 spiro atoms. The molecule has 0 atom stereocenters. The van der Waals surface area contributed by atoms with Crippen LogP contribution < -0.4 is 0 Å². The molecule has 0 bridgehead atoms. The summed E-state index contributed by atoms with van der Waals surface area (Å²) in [6, 6.07) is 11.8. The van der Waals surface area contributed by atoms with Crippen molar-refractivity contribution < 1.29 is 18.0 Å². The van der Waals surface area contributed by atoms with E-state index in [1.54, 1.807) is 21.6 Å². The fourth-order valence-electron chi connectivity index (χ4n) is 4.14. The summed E-state index contributed by atoms with van der Waals surface area (Å²) in [6.07, 6.45) is 2.84. The number of imidazole rings is 1. The molecule has 0 aliphatic carbocycles. The smallest absolute Gasteiger partial charge is 0.311 e. The molecule has 9 heteroatoms. The van der Waals surface area contributed by atoms with Gasteiger partial charge in [0.15, 0.2) is 0 Å². The maximum atomic E-state index is 13.6. The predicted molar refractivity (Wildman–Crippen MR) is 125 cm³/mol. The number of alkyl halides is 3. The molecule has 1 amide bonds. The zero-order valence-corrected chi connectivity index (χ0v) is 19.2. The summed E-state index contributed by atoms with van der Waals surface area (Å²) in [4.78, 5) is 25.1. The van der Waals surface area contributed by atoms with E-state index < -0.39 is 11.7 Å². The molecule has 4 heterocycles. The monoisotopic (exact) mass is 482 g/mol. The van der Waals surface area contributed by atoms with Gasteiger partial charge in [0.2, 0.25) is 0 Å². The Labute approximate surface area is 198 Å². The average Bonchev–Trinajstić information content (AvgIpc) is 3.41. The maximum Gasteiger partial charge on any atom is 0.416 e. The summed E-state index contributed by atoms with van der Waals surface area (Å²) >= 11 is 1.49. The summed E-state index contributed by atoms with van der Waals surface area (Å²) in [5, 5.41) is 0.811. The third-order valence-electron chi connectivity index (χ3n) is 5.75. The van der Waals surface area contributed by atoms with Gasteiger partial charge in [-0.2, -0.15) is 13.2 Å². The number of benzene rings is 1. The van der Waals surface area contributed by atoms with Crippen LogP contribution in [0, 0.1) is 6.92 Å². The van der Waals surface area contributed by atoms with Gasteiger partial charge in [-0.3, -0.25) is 4.79 Å². The van der Waals surface area contributed by atoms with Crippen LogP contribution in [-0.2, 0) is 6.18 Å². The molecule has 1 aliphatic rings. The number of rotatable bonds is 3. The summed E-state index contributed by atoms with van der Waals surface area (Å²) in [6.45, 7) is 2.44. The highest BCUT2D eigenvalue weighted by Gasteiger charge is 2.31. The number of allylic oxidation sites excluding steroid dienone is 1. The molecule has 1 aromatic carbocycles. The van der Waals surface area contributed by atoms with E-state index in [9.17, 15) is 18.0 Å². The molecule has 5 rings (SSSR count). The highest BCUT2D eigenvalue weighted by atomic mass is 32.1. The van der Waals surface area contributed by atoms with Crippen LogP contribution in [0.3, 0.4) is 0 Å². The largest absolute Gasteiger partial charge is 0.416 e. The first-order valence-corrected chi connectivity index (χ1v) is 11.7.